The molecule has 1 aliphatic rings. The zero-order valence-electron chi connectivity index (χ0n) is 9.15. The van der Waals surface area contributed by atoms with Gasteiger partial charge >= 0.3 is 5.97 Å². The van der Waals surface area contributed by atoms with Crippen molar-refractivity contribution in [2.45, 2.75) is 19.8 Å². The number of nitrogens with two attached hydrogens (primary N) is 1. The molecule has 1 aromatic heterocycles. The summed E-state index contributed by atoms with van der Waals surface area (Å²) in [5.74, 6) is -0.164. The topological polar surface area (TPSA) is 65.2 Å². The Balaban J connectivity index is 0.000000160. The van der Waals surface area contributed by atoms with Crippen molar-refractivity contribution in [2.24, 2.45) is 5.92 Å². The molecule has 1 saturated carbocycles. The Bertz CT molecular complexity index is 333. The lowest BCUT2D eigenvalue weighted by atomic mass is 10.4. The second kappa shape index (κ2) is 6.05. The number of rotatable bonds is 2. The van der Waals surface area contributed by atoms with Gasteiger partial charge in [-0.3, -0.25) is 9.78 Å². The van der Waals surface area contributed by atoms with Crippen LogP contribution in [0.1, 0.15) is 19.8 Å². The van der Waals surface area contributed by atoms with E-state index in [0.29, 0.717) is 6.61 Å². The third kappa shape index (κ3) is 4.25. The Morgan fingerprint density at radius 2 is 2.38 bits per heavy atom. The van der Waals surface area contributed by atoms with E-state index in [1.807, 2.05) is 6.92 Å². The molecular weight excluding hydrogens is 211 g/mol. The van der Waals surface area contributed by atoms with Gasteiger partial charge in [-0.2, -0.15) is 0 Å². The number of nitrogens with zero attached hydrogens (tertiary/aromatic N) is 1. The van der Waals surface area contributed by atoms with E-state index >= 15 is 0 Å². The van der Waals surface area contributed by atoms with Gasteiger partial charge in [0.1, 0.15) is 5.82 Å². The molecule has 4 nitrogen and oxygen atoms in total. The zero-order valence-corrected chi connectivity index (χ0v) is 9.15. The standard InChI is InChI=1S/C6H10O2.C5H5FN2/c1-2-8-6(7)5-3-4-5;6-4-1-2-8-3-5(4)7/h5H,2-4H2,1H3;1-3H,7H2. The monoisotopic (exact) mass is 226 g/mol. The molecule has 0 atom stereocenters. The lowest BCUT2D eigenvalue weighted by Gasteiger charge is -1.95. The van der Waals surface area contributed by atoms with Gasteiger partial charge < -0.3 is 10.5 Å². The van der Waals surface area contributed by atoms with E-state index in [2.05, 4.69) is 4.98 Å². The molecule has 1 heterocycles. The van der Waals surface area contributed by atoms with E-state index in [-0.39, 0.29) is 17.6 Å². The average molecular weight is 226 g/mol. The second-order valence-electron chi connectivity index (χ2n) is 3.42. The van der Waals surface area contributed by atoms with Crippen LogP contribution >= 0.6 is 0 Å². The van der Waals surface area contributed by atoms with Crippen molar-refractivity contribution in [1.29, 1.82) is 0 Å². The maximum atomic E-state index is 12.2. The molecule has 0 radical (unpaired) electrons. The van der Waals surface area contributed by atoms with Gasteiger partial charge in [-0.15, -0.1) is 0 Å². The summed E-state index contributed by atoms with van der Waals surface area (Å²) in [5.41, 5.74) is 5.17. The normalized spacial score (nSPS) is 13.6. The van der Waals surface area contributed by atoms with E-state index in [0.717, 1.165) is 12.8 Å². The molecule has 0 saturated heterocycles. The Morgan fingerprint density at radius 1 is 1.69 bits per heavy atom. The van der Waals surface area contributed by atoms with Gasteiger partial charge in [-0.1, -0.05) is 0 Å². The highest BCUT2D eigenvalue weighted by Crippen LogP contribution is 2.29. The summed E-state index contributed by atoms with van der Waals surface area (Å²) >= 11 is 0. The summed E-state index contributed by atoms with van der Waals surface area (Å²) in [6, 6.07) is 1.22. The van der Waals surface area contributed by atoms with E-state index in [9.17, 15) is 9.18 Å². The van der Waals surface area contributed by atoms with Crippen LogP contribution in [-0.4, -0.2) is 17.6 Å². The predicted molar refractivity (Wildman–Crippen MR) is 58.0 cm³/mol. The second-order valence-corrected chi connectivity index (χ2v) is 3.42. The number of esters is 1. The summed E-state index contributed by atoms with van der Waals surface area (Å²) in [6.45, 7) is 2.36. The number of aromatic nitrogens is 1. The van der Waals surface area contributed by atoms with Crippen molar-refractivity contribution in [2.75, 3.05) is 12.3 Å². The third-order valence-electron chi connectivity index (χ3n) is 1.99. The SMILES string of the molecule is CCOC(=O)C1CC1.Nc1cnccc1F. The molecular formula is C11H15FN2O2. The third-order valence-corrected chi connectivity index (χ3v) is 1.99. The van der Waals surface area contributed by atoms with Gasteiger partial charge in [0, 0.05) is 6.20 Å². The van der Waals surface area contributed by atoms with Gasteiger partial charge in [-0.25, -0.2) is 4.39 Å². The van der Waals surface area contributed by atoms with E-state index in [1.165, 1.54) is 18.5 Å². The van der Waals surface area contributed by atoms with Crippen molar-refractivity contribution in [3.05, 3.63) is 24.3 Å². The maximum Gasteiger partial charge on any atom is 0.308 e. The van der Waals surface area contributed by atoms with Crippen LogP contribution in [0.3, 0.4) is 0 Å². The van der Waals surface area contributed by atoms with Crippen LogP contribution in [0.15, 0.2) is 18.5 Å². The van der Waals surface area contributed by atoms with Crippen molar-refractivity contribution in [3.8, 4) is 0 Å². The number of carbonyl (C=O) groups excluding carboxylic acids is 1. The van der Waals surface area contributed by atoms with Crippen LogP contribution in [-0.2, 0) is 9.53 Å². The molecule has 1 fully saturated rings. The molecule has 2 rings (SSSR count). The number of halogens is 1. The molecule has 0 amide bonds. The number of pyridine rings is 1. The minimum atomic E-state index is -0.417. The Morgan fingerprint density at radius 3 is 2.75 bits per heavy atom. The Kier molecular flexibility index (Phi) is 4.69. The average Bonchev–Trinajstić information content (AvgIpc) is 3.07. The van der Waals surface area contributed by atoms with Crippen LogP contribution in [0.25, 0.3) is 0 Å². The van der Waals surface area contributed by atoms with Crippen molar-refractivity contribution in [3.63, 3.8) is 0 Å². The predicted octanol–water partition coefficient (Wildman–Crippen LogP) is 1.76. The molecule has 0 bridgehead atoms. The maximum absolute atomic E-state index is 12.2. The fraction of sp³-hybridized carbons (Fsp3) is 0.455. The minimum absolute atomic E-state index is 0.00694. The van der Waals surface area contributed by atoms with Gasteiger partial charge in [0.2, 0.25) is 0 Å². The minimum Gasteiger partial charge on any atom is -0.466 e. The Hall–Kier alpha value is -1.65. The van der Waals surface area contributed by atoms with Gasteiger partial charge in [0.05, 0.1) is 24.4 Å². The van der Waals surface area contributed by atoms with Gasteiger partial charge in [-0.05, 0) is 25.8 Å². The van der Waals surface area contributed by atoms with Crippen LogP contribution in [0.2, 0.25) is 0 Å². The highest BCUT2D eigenvalue weighted by molar-refractivity contribution is 5.74. The lowest BCUT2D eigenvalue weighted by Crippen LogP contribution is -2.04. The fourth-order valence-corrected chi connectivity index (χ4v) is 0.969. The molecule has 16 heavy (non-hydrogen) atoms. The van der Waals surface area contributed by atoms with Crippen LogP contribution in [0, 0.1) is 11.7 Å². The molecule has 1 aliphatic carbocycles. The lowest BCUT2D eigenvalue weighted by molar-refractivity contribution is -0.144. The highest BCUT2D eigenvalue weighted by Gasteiger charge is 2.30. The van der Waals surface area contributed by atoms with Crippen LogP contribution in [0.4, 0.5) is 10.1 Å². The van der Waals surface area contributed by atoms with Crippen molar-refractivity contribution >= 4 is 11.7 Å². The molecule has 0 aliphatic heterocycles. The first-order valence-electron chi connectivity index (χ1n) is 5.16. The number of hydrogen-bond acceptors (Lipinski definition) is 4. The molecule has 88 valence electrons. The summed E-state index contributed by atoms with van der Waals surface area (Å²) in [7, 11) is 0. The van der Waals surface area contributed by atoms with Crippen LogP contribution in [0.5, 0.6) is 0 Å². The first kappa shape index (κ1) is 12.4. The smallest absolute Gasteiger partial charge is 0.308 e. The molecule has 5 heteroatoms. The zero-order chi connectivity index (χ0) is 12.0. The molecule has 1 aromatic rings. The molecule has 0 unspecified atom stereocenters. The summed E-state index contributed by atoms with van der Waals surface area (Å²) < 4.78 is 16.9. The first-order valence-corrected chi connectivity index (χ1v) is 5.16. The fourth-order valence-electron chi connectivity index (χ4n) is 0.969. The Labute approximate surface area is 93.6 Å². The van der Waals surface area contributed by atoms with E-state index < -0.39 is 5.82 Å². The summed E-state index contributed by atoms with van der Waals surface area (Å²) in [5, 5.41) is 0. The quantitative estimate of drug-likeness (QED) is 0.780. The van der Waals surface area contributed by atoms with Crippen LogP contribution < -0.4 is 5.73 Å². The molecule has 0 aromatic carbocycles. The largest absolute Gasteiger partial charge is 0.466 e. The highest BCUT2D eigenvalue weighted by atomic mass is 19.1. The molecule has 2 N–H and O–H groups in total. The van der Waals surface area contributed by atoms with E-state index in [4.69, 9.17) is 10.5 Å². The first-order chi connectivity index (χ1) is 7.65. The molecule has 0 spiro atoms. The summed E-state index contributed by atoms with van der Waals surface area (Å²) in [4.78, 5) is 14.2. The number of hydrogen-bond donors (Lipinski definition) is 1. The number of carbonyl (C=O) groups is 1. The number of ether oxygens (including phenoxy) is 1. The van der Waals surface area contributed by atoms with Crippen molar-refractivity contribution < 1.29 is 13.9 Å². The number of anilines is 1. The number of nitrogen functional groups attached to an aromatic ring is 1. The van der Waals surface area contributed by atoms with Gasteiger partial charge in [0.25, 0.3) is 0 Å². The van der Waals surface area contributed by atoms with Gasteiger partial charge in [0.15, 0.2) is 0 Å². The van der Waals surface area contributed by atoms with Crippen molar-refractivity contribution in [1.82, 2.24) is 4.98 Å². The van der Waals surface area contributed by atoms with E-state index in [1.54, 1.807) is 0 Å². The summed E-state index contributed by atoms with van der Waals surface area (Å²) in [6.07, 6.45) is 4.71.